The van der Waals surface area contributed by atoms with Gasteiger partial charge in [-0.1, -0.05) is 54.2 Å². The van der Waals surface area contributed by atoms with Gasteiger partial charge < -0.3 is 5.32 Å². The monoisotopic (exact) mass is 388 g/mol. The summed E-state index contributed by atoms with van der Waals surface area (Å²) in [4.78, 5) is 17.1. The fraction of sp³-hybridized carbons (Fsp3) is 0.100. The maximum Gasteiger partial charge on any atom is 0.416 e. The lowest BCUT2D eigenvalue weighted by molar-refractivity contribution is -0.137. The Kier molecular flexibility index (Phi) is 5.81. The summed E-state index contributed by atoms with van der Waals surface area (Å²) in [6, 6.07) is 19.0. The second kappa shape index (κ2) is 8.26. The van der Waals surface area contributed by atoms with Gasteiger partial charge in [-0.15, -0.1) is 0 Å². The first-order chi connectivity index (χ1) is 12.9. The first-order valence-corrected chi connectivity index (χ1v) is 8.92. The molecule has 0 aliphatic rings. The molecule has 7 heteroatoms. The predicted molar refractivity (Wildman–Crippen MR) is 99.4 cm³/mol. The standard InChI is InChI=1S/C20H15F3N2OS/c21-20(22,23)15-9-6-10-16(13-15)25-19(26)18(14-7-2-1-3-8-14)27-17-11-4-5-12-24-17/h1-13,18H,(H,25,26). The zero-order valence-electron chi connectivity index (χ0n) is 14.0. The summed E-state index contributed by atoms with van der Waals surface area (Å²) in [6.45, 7) is 0. The van der Waals surface area contributed by atoms with Crippen LogP contribution in [-0.4, -0.2) is 10.9 Å². The highest BCUT2D eigenvalue weighted by molar-refractivity contribution is 8.00. The molecule has 0 spiro atoms. The van der Waals surface area contributed by atoms with Gasteiger partial charge in [-0.2, -0.15) is 13.2 Å². The van der Waals surface area contributed by atoms with Crippen LogP contribution < -0.4 is 5.32 Å². The van der Waals surface area contributed by atoms with Gasteiger partial charge in [0.15, 0.2) is 0 Å². The lowest BCUT2D eigenvalue weighted by Gasteiger charge is -2.17. The largest absolute Gasteiger partial charge is 0.416 e. The third kappa shape index (κ3) is 5.10. The Hall–Kier alpha value is -2.80. The summed E-state index contributed by atoms with van der Waals surface area (Å²) in [7, 11) is 0. The molecule has 0 bridgehead atoms. The highest BCUT2D eigenvalue weighted by Crippen LogP contribution is 2.36. The van der Waals surface area contributed by atoms with E-state index in [1.165, 1.54) is 23.9 Å². The molecule has 0 saturated heterocycles. The number of anilines is 1. The first kappa shape index (κ1) is 19.0. The quantitative estimate of drug-likeness (QED) is 0.581. The number of nitrogens with zero attached hydrogens (tertiary/aromatic N) is 1. The molecule has 138 valence electrons. The zero-order chi connectivity index (χ0) is 19.3. The Labute approximate surface area is 158 Å². The SMILES string of the molecule is O=C(Nc1cccc(C(F)(F)F)c1)C(Sc1ccccn1)c1ccccc1. The van der Waals surface area contributed by atoms with Gasteiger partial charge in [-0.25, -0.2) is 4.98 Å². The molecule has 3 rings (SSSR count). The van der Waals surface area contributed by atoms with E-state index in [-0.39, 0.29) is 5.69 Å². The Balaban J connectivity index is 1.85. The van der Waals surface area contributed by atoms with Gasteiger partial charge in [-0.05, 0) is 35.9 Å². The van der Waals surface area contributed by atoms with E-state index in [2.05, 4.69) is 10.3 Å². The van der Waals surface area contributed by atoms with Crippen molar-refractivity contribution < 1.29 is 18.0 Å². The summed E-state index contributed by atoms with van der Waals surface area (Å²) < 4.78 is 38.7. The number of aromatic nitrogens is 1. The average Bonchev–Trinajstić information content (AvgIpc) is 2.67. The van der Waals surface area contributed by atoms with E-state index in [0.29, 0.717) is 5.03 Å². The molecule has 0 aliphatic carbocycles. The van der Waals surface area contributed by atoms with Crippen LogP contribution in [0.25, 0.3) is 0 Å². The summed E-state index contributed by atoms with van der Waals surface area (Å²) in [5.74, 6) is -0.420. The van der Waals surface area contributed by atoms with E-state index < -0.39 is 22.9 Å². The summed E-state index contributed by atoms with van der Waals surface area (Å²) in [5, 5.41) is 2.57. The molecule has 0 saturated carbocycles. The van der Waals surface area contributed by atoms with E-state index in [9.17, 15) is 18.0 Å². The third-order valence-electron chi connectivity index (χ3n) is 3.67. The Morgan fingerprint density at radius 1 is 0.963 bits per heavy atom. The number of nitrogens with one attached hydrogen (secondary N) is 1. The van der Waals surface area contributed by atoms with E-state index in [0.717, 1.165) is 17.7 Å². The van der Waals surface area contributed by atoms with Crippen LogP contribution in [0, 0.1) is 0 Å². The second-order valence-corrected chi connectivity index (χ2v) is 6.77. The van der Waals surface area contributed by atoms with Crippen molar-refractivity contribution in [3.8, 4) is 0 Å². The molecule has 1 atom stereocenters. The molecule has 27 heavy (non-hydrogen) atoms. The van der Waals surface area contributed by atoms with Gasteiger partial charge in [-0.3, -0.25) is 4.79 Å². The Morgan fingerprint density at radius 3 is 2.37 bits per heavy atom. The van der Waals surface area contributed by atoms with Crippen LogP contribution in [0.4, 0.5) is 18.9 Å². The molecule has 1 N–H and O–H groups in total. The first-order valence-electron chi connectivity index (χ1n) is 8.04. The van der Waals surface area contributed by atoms with E-state index in [4.69, 9.17) is 0 Å². The van der Waals surface area contributed by atoms with Crippen LogP contribution in [-0.2, 0) is 11.0 Å². The van der Waals surface area contributed by atoms with E-state index in [1.54, 1.807) is 42.6 Å². The second-order valence-electron chi connectivity index (χ2n) is 5.64. The Morgan fingerprint density at radius 2 is 1.70 bits per heavy atom. The Bertz CT molecular complexity index is 902. The van der Waals surface area contributed by atoms with Gasteiger partial charge in [0, 0.05) is 11.9 Å². The van der Waals surface area contributed by atoms with Crippen LogP contribution in [0.3, 0.4) is 0 Å². The minimum Gasteiger partial charge on any atom is -0.325 e. The molecule has 3 aromatic rings. The summed E-state index contributed by atoms with van der Waals surface area (Å²) in [6.07, 6.45) is -2.85. The number of rotatable bonds is 5. The molecular formula is C20H15F3N2OS. The number of pyridine rings is 1. The smallest absolute Gasteiger partial charge is 0.325 e. The number of hydrogen-bond acceptors (Lipinski definition) is 3. The van der Waals surface area contributed by atoms with Crippen LogP contribution in [0.5, 0.6) is 0 Å². The number of amides is 1. The van der Waals surface area contributed by atoms with Crippen molar-refractivity contribution in [3.63, 3.8) is 0 Å². The van der Waals surface area contributed by atoms with Gasteiger partial charge in [0.05, 0.1) is 10.6 Å². The molecule has 3 nitrogen and oxygen atoms in total. The highest BCUT2D eigenvalue weighted by atomic mass is 32.2. The number of halogens is 3. The molecule has 1 unspecified atom stereocenters. The van der Waals surface area contributed by atoms with Crippen LogP contribution in [0.1, 0.15) is 16.4 Å². The van der Waals surface area contributed by atoms with Crippen LogP contribution in [0.2, 0.25) is 0 Å². The number of alkyl halides is 3. The molecular weight excluding hydrogens is 373 g/mol. The van der Waals surface area contributed by atoms with Crippen molar-refractivity contribution >= 4 is 23.4 Å². The normalized spacial score (nSPS) is 12.4. The maximum absolute atomic E-state index is 12.9. The number of benzene rings is 2. The lowest BCUT2D eigenvalue weighted by atomic mass is 10.1. The molecule has 1 aromatic heterocycles. The van der Waals surface area contributed by atoms with Gasteiger partial charge in [0.1, 0.15) is 5.25 Å². The topological polar surface area (TPSA) is 42.0 Å². The van der Waals surface area contributed by atoms with Crippen molar-refractivity contribution in [2.24, 2.45) is 0 Å². The van der Waals surface area contributed by atoms with Gasteiger partial charge in [0.25, 0.3) is 0 Å². The number of carbonyl (C=O) groups excluding carboxylic acids is 1. The summed E-state index contributed by atoms with van der Waals surface area (Å²) in [5.41, 5.74) is 0.0175. The maximum atomic E-state index is 12.9. The van der Waals surface area contributed by atoms with Crippen LogP contribution in [0.15, 0.2) is 84.0 Å². The van der Waals surface area contributed by atoms with Crippen molar-refractivity contribution in [2.45, 2.75) is 16.5 Å². The van der Waals surface area contributed by atoms with E-state index in [1.807, 2.05) is 12.1 Å². The van der Waals surface area contributed by atoms with Crippen LogP contribution >= 0.6 is 11.8 Å². The molecule has 0 fully saturated rings. The third-order valence-corrected chi connectivity index (χ3v) is 4.88. The predicted octanol–water partition coefficient (Wildman–Crippen LogP) is 5.57. The fourth-order valence-electron chi connectivity index (χ4n) is 2.42. The lowest BCUT2D eigenvalue weighted by Crippen LogP contribution is -2.19. The van der Waals surface area contributed by atoms with Crippen molar-refractivity contribution in [1.82, 2.24) is 4.98 Å². The van der Waals surface area contributed by atoms with Crippen molar-refractivity contribution in [2.75, 3.05) is 5.32 Å². The fourth-order valence-corrected chi connectivity index (χ4v) is 3.40. The highest BCUT2D eigenvalue weighted by Gasteiger charge is 2.31. The van der Waals surface area contributed by atoms with Gasteiger partial charge in [0.2, 0.25) is 5.91 Å². The van der Waals surface area contributed by atoms with Crippen molar-refractivity contribution in [3.05, 3.63) is 90.1 Å². The molecule has 2 aromatic carbocycles. The van der Waals surface area contributed by atoms with E-state index >= 15 is 0 Å². The van der Waals surface area contributed by atoms with Crippen molar-refractivity contribution in [1.29, 1.82) is 0 Å². The molecule has 1 heterocycles. The minimum absolute atomic E-state index is 0.0948. The molecule has 1 amide bonds. The zero-order valence-corrected chi connectivity index (χ0v) is 14.8. The average molecular weight is 388 g/mol. The molecule has 0 aliphatic heterocycles. The number of hydrogen-bond donors (Lipinski definition) is 1. The molecule has 0 radical (unpaired) electrons. The summed E-state index contributed by atoms with van der Waals surface area (Å²) >= 11 is 1.23. The number of thioether (sulfide) groups is 1. The number of carbonyl (C=O) groups is 1. The minimum atomic E-state index is -4.47. The van der Waals surface area contributed by atoms with Gasteiger partial charge >= 0.3 is 6.18 Å².